The van der Waals surface area contributed by atoms with Crippen LogP contribution in [0.4, 0.5) is 4.39 Å². The first kappa shape index (κ1) is 13.1. The molecule has 0 heterocycles. The number of carbonyl (C=O) groups excluding carboxylic acids is 1. The first-order valence-electron chi connectivity index (χ1n) is 4.87. The molecular formula is C12H13BrFNO. The van der Waals surface area contributed by atoms with Gasteiger partial charge in [0.05, 0.1) is 6.04 Å². The van der Waals surface area contributed by atoms with Gasteiger partial charge in [0.1, 0.15) is 5.82 Å². The van der Waals surface area contributed by atoms with Crippen LogP contribution in [0.2, 0.25) is 0 Å². The molecule has 0 aliphatic carbocycles. The molecule has 2 nitrogen and oxygen atoms in total. The van der Waals surface area contributed by atoms with Crippen molar-refractivity contribution in [3.05, 3.63) is 46.7 Å². The van der Waals surface area contributed by atoms with Crippen molar-refractivity contribution in [2.24, 2.45) is 5.73 Å². The maximum Gasteiger partial charge on any atom is 0.154 e. The zero-order valence-electron chi connectivity index (χ0n) is 8.75. The van der Waals surface area contributed by atoms with Gasteiger partial charge in [0.25, 0.3) is 0 Å². The van der Waals surface area contributed by atoms with E-state index in [1.165, 1.54) is 12.1 Å². The quantitative estimate of drug-likeness (QED) is 0.845. The number of halogens is 2. The molecule has 1 aromatic rings. The molecule has 1 atom stereocenters. The van der Waals surface area contributed by atoms with E-state index in [0.29, 0.717) is 16.5 Å². The first-order valence-corrected chi connectivity index (χ1v) is 5.66. The van der Waals surface area contributed by atoms with Crippen molar-refractivity contribution in [3.8, 4) is 0 Å². The first-order chi connectivity index (χ1) is 7.52. The van der Waals surface area contributed by atoms with Crippen molar-refractivity contribution in [1.82, 2.24) is 0 Å². The summed E-state index contributed by atoms with van der Waals surface area (Å²) in [6.07, 6.45) is 2.19. The highest BCUT2D eigenvalue weighted by molar-refractivity contribution is 9.10. The standard InChI is InChI=1S/C12H13BrFNO/c1-2-3-11(15)12(16)6-8-4-9(13)7-10(14)5-8/h2,4-5,7,11H,1,3,6,15H2. The zero-order valence-corrected chi connectivity index (χ0v) is 10.3. The number of carbonyl (C=O) groups is 1. The van der Waals surface area contributed by atoms with Gasteiger partial charge in [-0.3, -0.25) is 4.79 Å². The number of rotatable bonds is 5. The average molecular weight is 286 g/mol. The predicted octanol–water partition coefficient (Wildman–Crippen LogP) is 2.60. The molecule has 0 radical (unpaired) electrons. The minimum atomic E-state index is -0.556. The van der Waals surface area contributed by atoms with Crippen molar-refractivity contribution in [2.75, 3.05) is 0 Å². The third-order valence-electron chi connectivity index (χ3n) is 2.13. The van der Waals surface area contributed by atoms with Crippen molar-refractivity contribution >= 4 is 21.7 Å². The summed E-state index contributed by atoms with van der Waals surface area (Å²) >= 11 is 3.17. The molecule has 4 heteroatoms. The molecule has 16 heavy (non-hydrogen) atoms. The number of Topliss-reactive ketones (excluding diaryl/α,β-unsaturated/α-hetero) is 1. The molecule has 0 bridgehead atoms. The molecule has 0 amide bonds. The van der Waals surface area contributed by atoms with E-state index in [-0.39, 0.29) is 18.0 Å². The molecule has 0 saturated carbocycles. The summed E-state index contributed by atoms with van der Waals surface area (Å²) in [7, 11) is 0. The van der Waals surface area contributed by atoms with E-state index in [1.54, 1.807) is 12.1 Å². The topological polar surface area (TPSA) is 43.1 Å². The SMILES string of the molecule is C=CCC(N)C(=O)Cc1cc(F)cc(Br)c1. The second-order valence-corrected chi connectivity index (χ2v) is 4.47. The normalized spacial score (nSPS) is 12.2. The second kappa shape index (κ2) is 5.92. The molecule has 1 aromatic carbocycles. The third kappa shape index (κ3) is 3.87. The minimum absolute atomic E-state index is 0.114. The van der Waals surface area contributed by atoms with Gasteiger partial charge >= 0.3 is 0 Å². The van der Waals surface area contributed by atoms with Crippen LogP contribution < -0.4 is 5.73 Å². The van der Waals surface area contributed by atoms with Crippen LogP contribution in [-0.2, 0) is 11.2 Å². The van der Waals surface area contributed by atoms with E-state index >= 15 is 0 Å². The Kier molecular flexibility index (Phi) is 4.83. The lowest BCUT2D eigenvalue weighted by atomic mass is 10.0. The summed E-state index contributed by atoms with van der Waals surface area (Å²) in [5.41, 5.74) is 6.25. The predicted molar refractivity (Wildman–Crippen MR) is 65.6 cm³/mol. The van der Waals surface area contributed by atoms with Gasteiger partial charge in [-0.2, -0.15) is 0 Å². The molecule has 0 fully saturated rings. The van der Waals surface area contributed by atoms with Gasteiger partial charge in [0.15, 0.2) is 5.78 Å². The minimum Gasteiger partial charge on any atom is -0.321 e. The summed E-state index contributed by atoms with van der Waals surface area (Å²) in [5.74, 6) is -0.480. The van der Waals surface area contributed by atoms with Crippen LogP contribution in [0, 0.1) is 5.82 Å². The summed E-state index contributed by atoms with van der Waals surface area (Å²) in [6.45, 7) is 3.52. The van der Waals surface area contributed by atoms with Crippen LogP contribution in [0.15, 0.2) is 35.3 Å². The number of hydrogen-bond acceptors (Lipinski definition) is 2. The van der Waals surface area contributed by atoms with E-state index in [1.807, 2.05) is 0 Å². The van der Waals surface area contributed by atoms with Crippen LogP contribution >= 0.6 is 15.9 Å². The highest BCUT2D eigenvalue weighted by Gasteiger charge is 2.13. The molecule has 1 rings (SSSR count). The maximum absolute atomic E-state index is 13.0. The molecule has 0 spiro atoms. The van der Waals surface area contributed by atoms with E-state index in [4.69, 9.17) is 5.73 Å². The number of benzene rings is 1. The highest BCUT2D eigenvalue weighted by Crippen LogP contribution is 2.15. The number of ketones is 1. The van der Waals surface area contributed by atoms with Gasteiger partial charge in [-0.05, 0) is 30.2 Å². The van der Waals surface area contributed by atoms with Crippen LogP contribution in [-0.4, -0.2) is 11.8 Å². The smallest absolute Gasteiger partial charge is 0.154 e. The molecule has 1 unspecified atom stereocenters. The Morgan fingerprint density at radius 2 is 2.25 bits per heavy atom. The lowest BCUT2D eigenvalue weighted by Crippen LogP contribution is -2.31. The van der Waals surface area contributed by atoms with Gasteiger partial charge < -0.3 is 5.73 Å². The summed E-state index contributed by atoms with van der Waals surface area (Å²) in [6, 6.07) is 3.84. The maximum atomic E-state index is 13.0. The monoisotopic (exact) mass is 285 g/mol. The fourth-order valence-electron chi connectivity index (χ4n) is 1.36. The van der Waals surface area contributed by atoms with Crippen LogP contribution in [0.25, 0.3) is 0 Å². The Morgan fingerprint density at radius 1 is 1.56 bits per heavy atom. The van der Waals surface area contributed by atoms with Crippen molar-refractivity contribution in [3.63, 3.8) is 0 Å². The van der Waals surface area contributed by atoms with E-state index in [9.17, 15) is 9.18 Å². The zero-order chi connectivity index (χ0) is 12.1. The molecular weight excluding hydrogens is 273 g/mol. The molecule has 0 aliphatic rings. The van der Waals surface area contributed by atoms with Crippen LogP contribution in [0.3, 0.4) is 0 Å². The van der Waals surface area contributed by atoms with E-state index in [0.717, 1.165) is 0 Å². The Hall–Kier alpha value is -1.00. The van der Waals surface area contributed by atoms with Gasteiger partial charge in [-0.15, -0.1) is 6.58 Å². The van der Waals surface area contributed by atoms with Gasteiger partial charge in [0, 0.05) is 10.9 Å². The van der Waals surface area contributed by atoms with E-state index < -0.39 is 6.04 Å². The van der Waals surface area contributed by atoms with Crippen molar-refractivity contribution in [1.29, 1.82) is 0 Å². The molecule has 2 N–H and O–H groups in total. The Labute approximate surface area is 102 Å². The lowest BCUT2D eigenvalue weighted by molar-refractivity contribution is -0.119. The van der Waals surface area contributed by atoms with Crippen molar-refractivity contribution < 1.29 is 9.18 Å². The highest BCUT2D eigenvalue weighted by atomic mass is 79.9. The third-order valence-corrected chi connectivity index (χ3v) is 2.59. The molecule has 0 saturated heterocycles. The second-order valence-electron chi connectivity index (χ2n) is 3.55. The van der Waals surface area contributed by atoms with Crippen LogP contribution in [0.5, 0.6) is 0 Å². The fourth-order valence-corrected chi connectivity index (χ4v) is 1.87. The van der Waals surface area contributed by atoms with Gasteiger partial charge in [0.2, 0.25) is 0 Å². The van der Waals surface area contributed by atoms with E-state index in [2.05, 4.69) is 22.5 Å². The van der Waals surface area contributed by atoms with Crippen molar-refractivity contribution in [2.45, 2.75) is 18.9 Å². The fraction of sp³-hybridized carbons (Fsp3) is 0.250. The average Bonchev–Trinajstić information content (AvgIpc) is 2.16. The molecule has 0 aliphatic heterocycles. The van der Waals surface area contributed by atoms with Gasteiger partial charge in [-0.25, -0.2) is 4.39 Å². The Morgan fingerprint density at radius 3 is 2.81 bits per heavy atom. The van der Waals surface area contributed by atoms with Crippen LogP contribution in [0.1, 0.15) is 12.0 Å². The Balaban J connectivity index is 2.72. The summed E-state index contributed by atoms with van der Waals surface area (Å²) < 4.78 is 13.7. The molecule has 86 valence electrons. The largest absolute Gasteiger partial charge is 0.321 e. The number of hydrogen-bond donors (Lipinski definition) is 1. The van der Waals surface area contributed by atoms with Gasteiger partial charge in [-0.1, -0.05) is 22.0 Å². The Bertz CT molecular complexity index is 386. The summed E-state index contributed by atoms with van der Waals surface area (Å²) in [5, 5.41) is 0. The lowest BCUT2D eigenvalue weighted by Gasteiger charge is -2.08. The number of nitrogens with two attached hydrogens (primary N) is 1. The summed E-state index contributed by atoms with van der Waals surface area (Å²) in [4.78, 5) is 11.6. The molecule has 0 aromatic heterocycles.